The molecule has 0 aliphatic heterocycles. The number of fused-ring (bicyclic) bond motifs is 1. The van der Waals surface area contributed by atoms with Crippen molar-refractivity contribution < 1.29 is 19.1 Å². The summed E-state index contributed by atoms with van der Waals surface area (Å²) in [6.45, 7) is 0. The van der Waals surface area contributed by atoms with Crippen LogP contribution in [0.3, 0.4) is 0 Å². The van der Waals surface area contributed by atoms with Gasteiger partial charge in [0.1, 0.15) is 17.0 Å². The van der Waals surface area contributed by atoms with Gasteiger partial charge >= 0.3 is 11.9 Å². The van der Waals surface area contributed by atoms with E-state index in [1.165, 1.54) is 38.0 Å². The number of nitrogens with zero attached hydrogens (tertiary/aromatic N) is 2. The number of thiophene rings is 1. The molecule has 0 saturated heterocycles. The summed E-state index contributed by atoms with van der Waals surface area (Å²) in [6, 6.07) is 12.1. The Morgan fingerprint density at radius 3 is 2.23 bits per heavy atom. The van der Waals surface area contributed by atoms with Crippen LogP contribution in [-0.4, -0.2) is 36.1 Å². The Morgan fingerprint density at radius 1 is 0.968 bits per heavy atom. The van der Waals surface area contributed by atoms with Crippen molar-refractivity contribution in [1.82, 2.24) is 9.97 Å². The number of benzene rings is 2. The average Bonchev–Trinajstić information content (AvgIpc) is 3.23. The minimum atomic E-state index is -0.570. The van der Waals surface area contributed by atoms with Crippen LogP contribution in [-0.2, 0) is 9.47 Å². The van der Waals surface area contributed by atoms with Gasteiger partial charge < -0.3 is 14.8 Å². The maximum atomic E-state index is 12.1. The molecular formula is C22H16ClN3O4S. The third-order valence-corrected chi connectivity index (χ3v) is 5.70. The van der Waals surface area contributed by atoms with Crippen molar-refractivity contribution in [3.63, 3.8) is 0 Å². The number of aromatic nitrogens is 2. The number of carbonyl (C=O) groups excluding carboxylic acids is 2. The first-order valence-electron chi connectivity index (χ1n) is 9.07. The number of rotatable bonds is 5. The van der Waals surface area contributed by atoms with E-state index in [1.54, 1.807) is 12.1 Å². The first-order chi connectivity index (χ1) is 15.0. The highest BCUT2D eigenvalue weighted by molar-refractivity contribution is 7.17. The highest BCUT2D eigenvalue weighted by Gasteiger charge is 2.17. The van der Waals surface area contributed by atoms with Gasteiger partial charge in [-0.3, -0.25) is 0 Å². The molecule has 9 heteroatoms. The van der Waals surface area contributed by atoms with Gasteiger partial charge in [0.2, 0.25) is 0 Å². The Morgan fingerprint density at radius 2 is 1.61 bits per heavy atom. The maximum Gasteiger partial charge on any atom is 0.337 e. The monoisotopic (exact) mass is 453 g/mol. The van der Waals surface area contributed by atoms with E-state index in [-0.39, 0.29) is 11.1 Å². The van der Waals surface area contributed by atoms with Crippen LogP contribution in [0.4, 0.5) is 11.5 Å². The molecular weight excluding hydrogens is 438 g/mol. The molecule has 31 heavy (non-hydrogen) atoms. The van der Waals surface area contributed by atoms with Crippen molar-refractivity contribution in [2.75, 3.05) is 19.5 Å². The van der Waals surface area contributed by atoms with Crippen LogP contribution >= 0.6 is 22.9 Å². The quantitative estimate of drug-likeness (QED) is 0.408. The fourth-order valence-electron chi connectivity index (χ4n) is 3.12. The Labute approximate surface area is 186 Å². The number of ether oxygens (including phenoxy) is 2. The zero-order valence-corrected chi connectivity index (χ0v) is 18.1. The summed E-state index contributed by atoms with van der Waals surface area (Å²) in [5.74, 6) is -0.605. The molecule has 7 nitrogen and oxygen atoms in total. The van der Waals surface area contributed by atoms with Crippen LogP contribution in [0.2, 0.25) is 5.02 Å². The van der Waals surface area contributed by atoms with E-state index in [4.69, 9.17) is 21.1 Å². The van der Waals surface area contributed by atoms with Gasteiger partial charge in [-0.25, -0.2) is 19.6 Å². The summed E-state index contributed by atoms with van der Waals surface area (Å²) >= 11 is 7.51. The van der Waals surface area contributed by atoms with Gasteiger partial charge in [-0.1, -0.05) is 23.7 Å². The van der Waals surface area contributed by atoms with Gasteiger partial charge in [0, 0.05) is 21.7 Å². The minimum Gasteiger partial charge on any atom is -0.465 e. The van der Waals surface area contributed by atoms with Gasteiger partial charge in [-0.2, -0.15) is 0 Å². The van der Waals surface area contributed by atoms with Crippen LogP contribution < -0.4 is 5.32 Å². The van der Waals surface area contributed by atoms with Crippen LogP contribution in [0.15, 0.2) is 54.2 Å². The van der Waals surface area contributed by atoms with E-state index in [0.717, 1.165) is 21.3 Å². The van der Waals surface area contributed by atoms with E-state index in [0.29, 0.717) is 16.5 Å². The third-order valence-electron chi connectivity index (χ3n) is 4.56. The predicted octanol–water partition coefficient (Wildman–Crippen LogP) is 5.33. The molecule has 0 fully saturated rings. The summed E-state index contributed by atoms with van der Waals surface area (Å²) < 4.78 is 9.60. The summed E-state index contributed by atoms with van der Waals surface area (Å²) in [4.78, 5) is 33.7. The average molecular weight is 454 g/mol. The second-order valence-corrected chi connectivity index (χ2v) is 7.76. The molecule has 2 heterocycles. The highest BCUT2D eigenvalue weighted by atomic mass is 35.5. The number of carbonyl (C=O) groups is 2. The first-order valence-corrected chi connectivity index (χ1v) is 10.3. The molecule has 4 aromatic rings. The number of methoxy groups -OCH3 is 2. The number of hydrogen-bond donors (Lipinski definition) is 1. The summed E-state index contributed by atoms with van der Waals surface area (Å²) in [5.41, 5.74) is 2.81. The topological polar surface area (TPSA) is 90.4 Å². The summed E-state index contributed by atoms with van der Waals surface area (Å²) in [7, 11) is 2.55. The summed E-state index contributed by atoms with van der Waals surface area (Å²) in [6.07, 6.45) is 1.46. The number of nitrogens with one attached hydrogen (secondary N) is 1. The number of halogens is 1. The molecule has 0 radical (unpaired) electrons. The molecule has 0 aliphatic carbocycles. The van der Waals surface area contributed by atoms with Crippen molar-refractivity contribution in [2.45, 2.75) is 0 Å². The number of anilines is 2. The van der Waals surface area contributed by atoms with Crippen molar-refractivity contribution in [1.29, 1.82) is 0 Å². The molecule has 0 saturated carbocycles. The Bertz CT molecular complexity index is 1250. The second-order valence-electron chi connectivity index (χ2n) is 6.47. The van der Waals surface area contributed by atoms with Crippen molar-refractivity contribution in [3.05, 3.63) is 70.3 Å². The fraction of sp³-hybridized carbons (Fsp3) is 0.0909. The molecule has 0 spiro atoms. The summed E-state index contributed by atoms with van der Waals surface area (Å²) in [5, 5.41) is 6.67. The fourth-order valence-corrected chi connectivity index (χ4v) is 4.16. The van der Waals surface area contributed by atoms with E-state index in [1.807, 2.05) is 29.6 Å². The lowest BCUT2D eigenvalue weighted by Crippen LogP contribution is -2.08. The Kier molecular flexibility index (Phi) is 5.83. The van der Waals surface area contributed by atoms with Crippen LogP contribution in [0.5, 0.6) is 0 Å². The van der Waals surface area contributed by atoms with E-state index >= 15 is 0 Å². The molecule has 2 aromatic heterocycles. The number of esters is 2. The van der Waals surface area contributed by atoms with E-state index < -0.39 is 11.9 Å². The lowest BCUT2D eigenvalue weighted by Gasteiger charge is -2.11. The molecule has 0 unspecified atom stereocenters. The van der Waals surface area contributed by atoms with Gasteiger partial charge in [-0.05, 0) is 35.9 Å². The number of hydrogen-bond acceptors (Lipinski definition) is 8. The smallest absolute Gasteiger partial charge is 0.337 e. The van der Waals surface area contributed by atoms with Crippen LogP contribution in [0.1, 0.15) is 20.7 Å². The molecule has 0 bridgehead atoms. The SMILES string of the molecule is COC(=O)c1cc(Nc2ncnc3scc(-c4ccc(Cl)cc4)c23)cc(C(=O)OC)c1. The zero-order chi connectivity index (χ0) is 22.0. The Balaban J connectivity index is 1.82. The lowest BCUT2D eigenvalue weighted by molar-refractivity contribution is 0.0599. The van der Waals surface area contributed by atoms with Crippen molar-refractivity contribution >= 4 is 56.6 Å². The first kappa shape index (κ1) is 20.8. The van der Waals surface area contributed by atoms with Gasteiger partial charge in [0.25, 0.3) is 0 Å². The lowest BCUT2D eigenvalue weighted by atomic mass is 10.1. The van der Waals surface area contributed by atoms with Crippen LogP contribution in [0, 0.1) is 0 Å². The van der Waals surface area contributed by atoms with Gasteiger partial charge in [0.15, 0.2) is 0 Å². The van der Waals surface area contributed by atoms with Crippen molar-refractivity contribution in [2.24, 2.45) is 0 Å². The molecule has 0 amide bonds. The minimum absolute atomic E-state index is 0.210. The maximum absolute atomic E-state index is 12.1. The largest absolute Gasteiger partial charge is 0.465 e. The second kappa shape index (κ2) is 8.71. The molecule has 4 rings (SSSR count). The van der Waals surface area contributed by atoms with E-state index in [2.05, 4.69) is 15.3 Å². The molecule has 1 N–H and O–H groups in total. The molecule has 0 atom stereocenters. The highest BCUT2D eigenvalue weighted by Crippen LogP contribution is 2.38. The van der Waals surface area contributed by atoms with Gasteiger partial charge in [0.05, 0.1) is 30.7 Å². The standard InChI is InChI=1S/C22H16ClN3O4S/c1-29-21(27)13-7-14(22(28)30-2)9-16(8-13)26-19-18-17(10-31-20(18)25-11-24-19)12-3-5-15(23)6-4-12/h3-11H,1-2H3,(H,24,25,26). The Hall–Kier alpha value is -3.49. The normalized spacial score (nSPS) is 10.7. The van der Waals surface area contributed by atoms with Crippen molar-refractivity contribution in [3.8, 4) is 11.1 Å². The molecule has 2 aromatic carbocycles. The van der Waals surface area contributed by atoms with Gasteiger partial charge in [-0.15, -0.1) is 11.3 Å². The molecule has 156 valence electrons. The molecule has 0 aliphatic rings. The zero-order valence-electron chi connectivity index (χ0n) is 16.5. The van der Waals surface area contributed by atoms with E-state index in [9.17, 15) is 9.59 Å². The predicted molar refractivity (Wildman–Crippen MR) is 120 cm³/mol. The third kappa shape index (κ3) is 4.21. The van der Waals surface area contributed by atoms with Crippen LogP contribution in [0.25, 0.3) is 21.3 Å².